The van der Waals surface area contributed by atoms with Gasteiger partial charge in [0, 0.05) is 18.8 Å². The van der Waals surface area contributed by atoms with E-state index in [2.05, 4.69) is 22.4 Å². The number of ether oxygens (including phenoxy) is 1. The van der Waals surface area contributed by atoms with E-state index in [9.17, 15) is 4.79 Å². The number of anilines is 1. The van der Waals surface area contributed by atoms with Crippen LogP contribution in [-0.4, -0.2) is 18.0 Å². The lowest BCUT2D eigenvalue weighted by atomic mass is 9.73. The first-order valence-corrected chi connectivity index (χ1v) is 10.6. The summed E-state index contributed by atoms with van der Waals surface area (Å²) in [6.07, 6.45) is 8.86. The van der Waals surface area contributed by atoms with Crippen molar-refractivity contribution in [3.63, 3.8) is 0 Å². The molecule has 1 aromatic carbocycles. The first-order chi connectivity index (χ1) is 13.7. The zero-order chi connectivity index (χ0) is 19.7. The fraction of sp³-hybridized carbons (Fsp3) is 0.500. The fourth-order valence-electron chi connectivity index (χ4n) is 4.36. The molecule has 3 aliphatic rings. The van der Waals surface area contributed by atoms with Gasteiger partial charge < -0.3 is 10.1 Å². The Kier molecular flexibility index (Phi) is 5.13. The molecule has 4 nitrogen and oxygen atoms in total. The van der Waals surface area contributed by atoms with Gasteiger partial charge in [-0.3, -0.25) is 4.79 Å². The average Bonchev–Trinajstić information content (AvgIpc) is 3.66. The Morgan fingerprint density at radius 2 is 1.79 bits per heavy atom. The van der Waals surface area contributed by atoms with Crippen molar-refractivity contribution in [2.75, 3.05) is 12.4 Å². The van der Waals surface area contributed by atoms with Crippen LogP contribution >= 0.6 is 0 Å². The lowest BCUT2D eigenvalue weighted by Gasteiger charge is -2.27. The summed E-state index contributed by atoms with van der Waals surface area (Å²) in [5, 5.41) is 3.08. The number of nitrogens with zero attached hydrogens (tertiary/aromatic N) is 1. The number of benzene rings is 1. The summed E-state index contributed by atoms with van der Waals surface area (Å²) in [7, 11) is 1.68. The van der Waals surface area contributed by atoms with Crippen molar-refractivity contribution in [1.29, 1.82) is 0 Å². The number of carbonyl (C=O) groups excluding carboxylic acids is 1. The van der Waals surface area contributed by atoms with Crippen molar-refractivity contribution < 1.29 is 11.0 Å². The van der Waals surface area contributed by atoms with E-state index in [1.165, 1.54) is 25.7 Å². The van der Waals surface area contributed by atoms with Crippen LogP contribution in [0, 0.1) is 11.8 Å². The molecule has 1 aliphatic heterocycles. The van der Waals surface area contributed by atoms with E-state index in [0.29, 0.717) is 11.8 Å². The Hall–Kier alpha value is -2.36. The van der Waals surface area contributed by atoms with Crippen LogP contribution in [-0.2, 0) is 10.2 Å². The van der Waals surface area contributed by atoms with E-state index < -0.39 is 0 Å². The fourth-order valence-corrected chi connectivity index (χ4v) is 4.36. The van der Waals surface area contributed by atoms with E-state index in [-0.39, 0.29) is 12.7 Å². The van der Waals surface area contributed by atoms with Crippen molar-refractivity contribution in [2.24, 2.45) is 11.8 Å². The van der Waals surface area contributed by atoms with Crippen LogP contribution in [0.2, 0.25) is 0 Å². The Labute approximate surface area is 169 Å². The molecule has 0 saturated heterocycles. The van der Waals surface area contributed by atoms with Crippen LogP contribution in [0.3, 0.4) is 0 Å². The van der Waals surface area contributed by atoms with Crippen molar-refractivity contribution in [3.8, 4) is 16.9 Å². The highest BCUT2D eigenvalue weighted by atomic mass is 16.5. The van der Waals surface area contributed by atoms with Gasteiger partial charge in [0.2, 0.25) is 5.91 Å². The molecule has 2 aromatic rings. The number of nitrogens with one attached hydrogen (secondary N) is 1. The molecule has 28 heavy (non-hydrogen) atoms. The van der Waals surface area contributed by atoms with E-state index in [4.69, 9.17) is 4.74 Å². The molecule has 2 heterocycles. The van der Waals surface area contributed by atoms with Crippen LogP contribution in [0.1, 0.15) is 59.4 Å². The highest BCUT2D eigenvalue weighted by Crippen LogP contribution is 2.53. The third-order valence-corrected chi connectivity index (χ3v) is 6.14. The molecule has 150 valence electrons. The van der Waals surface area contributed by atoms with Crippen LogP contribution < -0.4 is 10.1 Å². The molecule has 0 bridgehead atoms. The molecule has 1 amide bonds. The number of hydrogen-bond acceptors (Lipinski definition) is 3. The third-order valence-electron chi connectivity index (χ3n) is 6.14. The van der Waals surface area contributed by atoms with Gasteiger partial charge in [-0.25, -0.2) is 4.98 Å². The van der Waals surface area contributed by atoms with Gasteiger partial charge in [0.25, 0.3) is 0 Å². The third kappa shape index (κ3) is 3.52. The van der Waals surface area contributed by atoms with Crippen LogP contribution in [0.5, 0.6) is 5.75 Å². The number of amides is 1. The summed E-state index contributed by atoms with van der Waals surface area (Å²) in [5.74, 6) is 3.17. The van der Waals surface area contributed by atoms with Gasteiger partial charge in [-0.05, 0) is 48.4 Å². The van der Waals surface area contributed by atoms with E-state index in [0.717, 1.165) is 41.1 Å². The second-order valence-electron chi connectivity index (χ2n) is 8.18. The number of fused-ring (bicyclic) bond motifs is 1. The molecule has 0 unspecified atom stereocenters. The number of hydrogen-bond donors (Lipinski definition) is 1. The molecular formula is C24H32N2O2. The quantitative estimate of drug-likeness (QED) is 0.687. The first-order valence-electron chi connectivity index (χ1n) is 10.6. The predicted molar refractivity (Wildman–Crippen MR) is 115 cm³/mol. The molecule has 2 aliphatic carbocycles. The number of carbonyl (C=O) groups is 1. The van der Waals surface area contributed by atoms with Crippen LogP contribution in [0.4, 0.5) is 5.82 Å². The van der Waals surface area contributed by atoms with E-state index in [1.54, 1.807) is 7.11 Å². The predicted octanol–water partition coefficient (Wildman–Crippen LogP) is 5.82. The van der Waals surface area contributed by atoms with Gasteiger partial charge in [0.15, 0.2) is 0 Å². The maximum absolute atomic E-state index is 13.1. The van der Waals surface area contributed by atoms with Crippen molar-refractivity contribution in [2.45, 2.75) is 57.8 Å². The topological polar surface area (TPSA) is 51.2 Å². The lowest BCUT2D eigenvalue weighted by molar-refractivity contribution is -0.121. The molecule has 0 radical (unpaired) electrons. The highest BCUT2D eigenvalue weighted by Gasteiger charge is 2.52. The van der Waals surface area contributed by atoms with E-state index in [1.807, 2.05) is 38.2 Å². The smallest absolute Gasteiger partial charge is 0.236 e. The molecule has 0 spiro atoms. The summed E-state index contributed by atoms with van der Waals surface area (Å²) in [6, 6.07) is 10.2. The van der Waals surface area contributed by atoms with Crippen molar-refractivity contribution in [3.05, 3.63) is 42.1 Å². The summed E-state index contributed by atoms with van der Waals surface area (Å²) >= 11 is 0. The Balaban J connectivity index is 0.000000778. The molecule has 1 aromatic heterocycles. The van der Waals surface area contributed by atoms with E-state index >= 15 is 0 Å². The minimum Gasteiger partial charge on any atom is -0.497 e. The second-order valence-corrected chi connectivity index (χ2v) is 8.18. The number of rotatable bonds is 6. The maximum Gasteiger partial charge on any atom is 0.236 e. The van der Waals surface area contributed by atoms with Gasteiger partial charge in [0.1, 0.15) is 11.6 Å². The van der Waals surface area contributed by atoms with Gasteiger partial charge in [-0.15, -0.1) is 0 Å². The van der Waals surface area contributed by atoms with Crippen LogP contribution in [0.25, 0.3) is 11.1 Å². The molecule has 0 atom stereocenters. The minimum atomic E-state index is -0.375. The van der Waals surface area contributed by atoms with Gasteiger partial charge >= 0.3 is 0 Å². The van der Waals surface area contributed by atoms with Gasteiger partial charge in [-0.1, -0.05) is 51.7 Å². The molecule has 2 fully saturated rings. The Bertz CT molecular complexity index is 861. The lowest BCUT2D eigenvalue weighted by Crippen LogP contribution is -2.35. The molecule has 1 N–H and O–H groups in total. The molecule has 5 rings (SSSR count). The zero-order valence-electron chi connectivity index (χ0n) is 17.1. The van der Waals surface area contributed by atoms with Gasteiger partial charge in [-0.2, -0.15) is 0 Å². The molecule has 4 heteroatoms. The standard InChI is InChI=1S/C22H24N2O2.C2H6.H2/c1-26-18-4-2-3-16(9-18)17-10-19-20(23-13-17)24-21(25)22(19,11-14-5-6-14)12-15-7-8-15;1-2;/h2-4,9-10,13-15H,5-8,11-12H2,1H3,(H,23,24,25);1-2H3;1H. The highest BCUT2D eigenvalue weighted by molar-refractivity contribution is 6.05. The first kappa shape index (κ1) is 19.0. The Morgan fingerprint density at radius 1 is 1.11 bits per heavy atom. The van der Waals surface area contributed by atoms with Crippen molar-refractivity contribution in [1.82, 2.24) is 4.98 Å². The Morgan fingerprint density at radius 3 is 2.39 bits per heavy atom. The molecular weight excluding hydrogens is 348 g/mol. The zero-order valence-corrected chi connectivity index (χ0v) is 17.1. The van der Waals surface area contributed by atoms with Crippen LogP contribution in [0.15, 0.2) is 36.5 Å². The molecule has 2 saturated carbocycles. The second kappa shape index (κ2) is 7.57. The van der Waals surface area contributed by atoms with Gasteiger partial charge in [0.05, 0.1) is 12.5 Å². The SMILES string of the molecule is CC.COc1cccc(-c2cnc3c(c2)C(CC2CC2)(CC2CC2)C(=O)N3)c1.[HH]. The average molecular weight is 381 g/mol. The number of pyridine rings is 1. The summed E-state index contributed by atoms with van der Waals surface area (Å²) in [6.45, 7) is 4.00. The maximum atomic E-state index is 13.1. The minimum absolute atomic E-state index is 0. The normalized spacial score (nSPS) is 19.3. The van der Waals surface area contributed by atoms with Crippen molar-refractivity contribution >= 4 is 11.7 Å². The summed E-state index contributed by atoms with van der Waals surface area (Å²) in [4.78, 5) is 17.7. The largest absolute Gasteiger partial charge is 0.497 e. The number of aromatic nitrogens is 1. The number of methoxy groups -OCH3 is 1. The summed E-state index contributed by atoms with van der Waals surface area (Å²) in [5.41, 5.74) is 2.86. The monoisotopic (exact) mass is 380 g/mol. The summed E-state index contributed by atoms with van der Waals surface area (Å²) < 4.78 is 5.36.